The van der Waals surface area contributed by atoms with E-state index in [1.807, 2.05) is 0 Å². The molecule has 0 aliphatic rings. The summed E-state index contributed by atoms with van der Waals surface area (Å²) in [5, 5.41) is 6.23. The van der Waals surface area contributed by atoms with Gasteiger partial charge in [0.2, 0.25) is 0 Å². The molecule has 0 unspecified atom stereocenters. The first-order chi connectivity index (χ1) is 8.20. The molecule has 1 amide bonds. The normalized spacial score (nSPS) is 12.9. The van der Waals surface area contributed by atoms with Crippen LogP contribution in [0.25, 0.3) is 0 Å². The molecule has 0 aromatic carbocycles. The fourth-order valence-electron chi connectivity index (χ4n) is 1.24. The lowest BCUT2D eigenvalue weighted by Gasteiger charge is -2.21. The molecule has 6 heteroatoms. The molecule has 4 nitrogen and oxygen atoms in total. The zero-order valence-electron chi connectivity index (χ0n) is 10.7. The van der Waals surface area contributed by atoms with Crippen LogP contribution in [0.1, 0.15) is 38.1 Å². The quantitative estimate of drug-likeness (QED) is 0.867. The van der Waals surface area contributed by atoms with E-state index in [2.05, 4.69) is 5.32 Å². The number of rotatable bonds is 3. The Kier molecular flexibility index (Phi) is 4.76. The first-order valence-corrected chi connectivity index (χ1v) is 6.78. The van der Waals surface area contributed by atoms with Crippen LogP contribution >= 0.6 is 22.9 Å². The maximum atomic E-state index is 12.0. The number of halogens is 1. The molecular formula is C12H16ClNO3S. The number of thiophene rings is 1. The van der Waals surface area contributed by atoms with Crippen molar-refractivity contribution < 1.29 is 14.3 Å². The van der Waals surface area contributed by atoms with Crippen molar-refractivity contribution in [1.82, 2.24) is 5.32 Å². The molecule has 0 aliphatic carbocycles. The summed E-state index contributed by atoms with van der Waals surface area (Å²) < 4.78 is 5.07. The maximum Gasteiger partial charge on any atom is 0.408 e. The number of carbonyl (C=O) groups excluding carboxylic acids is 2. The van der Waals surface area contributed by atoms with Crippen molar-refractivity contribution in [1.29, 1.82) is 0 Å². The van der Waals surface area contributed by atoms with Gasteiger partial charge in [-0.25, -0.2) is 4.79 Å². The van der Waals surface area contributed by atoms with Crippen LogP contribution in [0.15, 0.2) is 10.8 Å². The third-order valence-electron chi connectivity index (χ3n) is 2.01. The van der Waals surface area contributed by atoms with Gasteiger partial charge in [0, 0.05) is 16.3 Å². The molecular weight excluding hydrogens is 274 g/mol. The smallest absolute Gasteiger partial charge is 0.408 e. The van der Waals surface area contributed by atoms with Crippen LogP contribution in [-0.4, -0.2) is 23.5 Å². The third-order valence-corrected chi connectivity index (χ3v) is 3.19. The van der Waals surface area contributed by atoms with Gasteiger partial charge in [0.15, 0.2) is 5.78 Å². The minimum atomic E-state index is -0.674. The number of hydrogen-bond acceptors (Lipinski definition) is 4. The van der Waals surface area contributed by atoms with Crippen LogP contribution in [0.2, 0.25) is 5.02 Å². The lowest BCUT2D eigenvalue weighted by Crippen LogP contribution is -2.41. The van der Waals surface area contributed by atoms with Crippen molar-refractivity contribution >= 4 is 34.8 Å². The van der Waals surface area contributed by atoms with Crippen molar-refractivity contribution in [2.24, 2.45) is 0 Å². The molecule has 1 rings (SSSR count). The van der Waals surface area contributed by atoms with E-state index in [1.165, 1.54) is 11.3 Å². The second-order valence-electron chi connectivity index (χ2n) is 4.87. The molecule has 0 aliphatic heterocycles. The lowest BCUT2D eigenvalue weighted by molar-refractivity contribution is 0.0497. The zero-order chi connectivity index (χ0) is 13.9. The Labute approximate surface area is 115 Å². The number of Topliss-reactive ketones (excluding diaryl/α,β-unsaturated/α-hetero) is 1. The van der Waals surface area contributed by atoms with Crippen LogP contribution in [-0.2, 0) is 4.74 Å². The average Bonchev–Trinajstić information content (AvgIpc) is 2.60. The van der Waals surface area contributed by atoms with E-state index in [1.54, 1.807) is 38.5 Å². The molecule has 1 aromatic rings. The summed E-state index contributed by atoms with van der Waals surface area (Å²) in [7, 11) is 0. The molecule has 0 saturated carbocycles. The van der Waals surface area contributed by atoms with Crippen molar-refractivity contribution in [3.05, 3.63) is 21.3 Å². The molecule has 0 saturated heterocycles. The highest BCUT2D eigenvalue weighted by atomic mass is 35.5. The summed E-state index contributed by atoms with van der Waals surface area (Å²) in [6.07, 6.45) is -0.616. The van der Waals surface area contributed by atoms with Gasteiger partial charge in [-0.2, -0.15) is 11.3 Å². The van der Waals surface area contributed by atoms with Gasteiger partial charge in [0.1, 0.15) is 5.60 Å². The van der Waals surface area contributed by atoms with Crippen LogP contribution in [0.5, 0.6) is 0 Å². The van der Waals surface area contributed by atoms with E-state index in [0.29, 0.717) is 10.6 Å². The molecule has 1 atom stereocenters. The maximum absolute atomic E-state index is 12.0. The number of ether oxygens (including phenoxy) is 1. The number of hydrogen-bond donors (Lipinski definition) is 1. The van der Waals surface area contributed by atoms with Gasteiger partial charge < -0.3 is 10.1 Å². The first-order valence-electron chi connectivity index (χ1n) is 5.46. The van der Waals surface area contributed by atoms with E-state index in [4.69, 9.17) is 16.3 Å². The van der Waals surface area contributed by atoms with Crippen LogP contribution in [0, 0.1) is 0 Å². The van der Waals surface area contributed by atoms with Gasteiger partial charge in [-0.15, -0.1) is 0 Å². The molecule has 1 N–H and O–H groups in total. The summed E-state index contributed by atoms with van der Waals surface area (Å²) in [6.45, 7) is 6.87. The minimum Gasteiger partial charge on any atom is -0.444 e. The fourth-order valence-corrected chi connectivity index (χ4v) is 2.30. The molecule has 0 radical (unpaired) electrons. The zero-order valence-corrected chi connectivity index (χ0v) is 12.3. The van der Waals surface area contributed by atoms with Gasteiger partial charge >= 0.3 is 6.09 Å². The Hall–Kier alpha value is -1.07. The van der Waals surface area contributed by atoms with Crippen molar-refractivity contribution in [2.45, 2.75) is 39.3 Å². The second kappa shape index (κ2) is 5.71. The number of carbonyl (C=O) groups is 2. The van der Waals surface area contributed by atoms with Gasteiger partial charge in [-0.1, -0.05) is 11.6 Å². The summed E-state index contributed by atoms with van der Waals surface area (Å²) in [5.74, 6) is -0.230. The highest BCUT2D eigenvalue weighted by Crippen LogP contribution is 2.22. The number of alkyl carbamates (subject to hydrolysis) is 1. The van der Waals surface area contributed by atoms with Gasteiger partial charge in [0.05, 0.1) is 11.1 Å². The van der Waals surface area contributed by atoms with Crippen molar-refractivity contribution in [3.8, 4) is 0 Å². The Balaban J connectivity index is 2.61. The summed E-state index contributed by atoms with van der Waals surface area (Å²) in [4.78, 5) is 23.5. The Morgan fingerprint density at radius 2 is 2.00 bits per heavy atom. The van der Waals surface area contributed by atoms with Crippen LogP contribution in [0.3, 0.4) is 0 Å². The number of ketones is 1. The van der Waals surface area contributed by atoms with Gasteiger partial charge in [-0.3, -0.25) is 4.79 Å². The summed E-state index contributed by atoms with van der Waals surface area (Å²) >= 11 is 7.21. The standard InChI is InChI=1S/C12H16ClNO3S/c1-7(14-11(16)17-12(2,3)4)10(15)8-5-18-6-9(8)13/h5-7H,1-4H3,(H,14,16)/t7-/m1/s1. The Bertz CT molecular complexity index is 450. The number of nitrogens with one attached hydrogen (secondary N) is 1. The Morgan fingerprint density at radius 3 is 2.44 bits per heavy atom. The monoisotopic (exact) mass is 289 g/mol. The average molecular weight is 290 g/mol. The van der Waals surface area contributed by atoms with E-state index in [-0.39, 0.29) is 5.78 Å². The first kappa shape index (κ1) is 15.0. The predicted molar refractivity (Wildman–Crippen MR) is 72.5 cm³/mol. The predicted octanol–water partition coefficient (Wildman–Crippen LogP) is 3.50. The van der Waals surface area contributed by atoms with E-state index >= 15 is 0 Å². The molecule has 0 bridgehead atoms. The molecule has 1 heterocycles. The highest BCUT2D eigenvalue weighted by molar-refractivity contribution is 7.08. The molecule has 0 fully saturated rings. The summed E-state index contributed by atoms with van der Waals surface area (Å²) in [6, 6.07) is -0.674. The fraction of sp³-hybridized carbons (Fsp3) is 0.500. The molecule has 1 aromatic heterocycles. The highest BCUT2D eigenvalue weighted by Gasteiger charge is 2.23. The lowest BCUT2D eigenvalue weighted by atomic mass is 10.1. The molecule has 0 spiro atoms. The largest absolute Gasteiger partial charge is 0.444 e. The summed E-state index contributed by atoms with van der Waals surface area (Å²) in [5.41, 5.74) is -0.169. The topological polar surface area (TPSA) is 55.4 Å². The van der Waals surface area contributed by atoms with Crippen LogP contribution < -0.4 is 5.32 Å². The van der Waals surface area contributed by atoms with Crippen molar-refractivity contribution in [2.75, 3.05) is 0 Å². The van der Waals surface area contributed by atoms with Gasteiger partial charge in [0.25, 0.3) is 0 Å². The van der Waals surface area contributed by atoms with Crippen molar-refractivity contribution in [3.63, 3.8) is 0 Å². The minimum absolute atomic E-state index is 0.230. The third kappa shape index (κ3) is 4.31. The molecule has 100 valence electrons. The number of amides is 1. The van der Waals surface area contributed by atoms with E-state index < -0.39 is 17.7 Å². The Morgan fingerprint density at radius 1 is 1.39 bits per heavy atom. The van der Waals surface area contributed by atoms with E-state index in [9.17, 15) is 9.59 Å². The SMILES string of the molecule is C[C@@H](NC(=O)OC(C)(C)C)C(=O)c1cscc1Cl. The van der Waals surface area contributed by atoms with Crippen LogP contribution in [0.4, 0.5) is 4.79 Å². The molecule has 18 heavy (non-hydrogen) atoms. The van der Waals surface area contributed by atoms with E-state index in [0.717, 1.165) is 0 Å². The van der Waals surface area contributed by atoms with Gasteiger partial charge in [-0.05, 0) is 27.7 Å². The second-order valence-corrected chi connectivity index (χ2v) is 6.02.